The van der Waals surface area contributed by atoms with Gasteiger partial charge in [-0.25, -0.2) is 8.42 Å². The third-order valence-electron chi connectivity index (χ3n) is 6.08. The molecule has 1 amide bonds. The van der Waals surface area contributed by atoms with Gasteiger partial charge in [0, 0.05) is 19.1 Å². The van der Waals surface area contributed by atoms with Gasteiger partial charge in [-0.15, -0.1) is 0 Å². The molecule has 2 aromatic rings. The lowest BCUT2D eigenvalue weighted by Crippen LogP contribution is -2.48. The number of aromatic nitrogens is 1. The molecule has 0 radical (unpaired) electrons. The van der Waals surface area contributed by atoms with Crippen molar-refractivity contribution in [3.8, 4) is 0 Å². The normalized spacial score (nSPS) is 21.5. The summed E-state index contributed by atoms with van der Waals surface area (Å²) in [5.41, 5.74) is 0.299. The highest BCUT2D eigenvalue weighted by atomic mass is 32.2. The fraction of sp³-hybridized carbons (Fsp3) is 0.545. The molecule has 2 fully saturated rings. The summed E-state index contributed by atoms with van der Waals surface area (Å²) in [6, 6.07) is 3.72. The number of nitrogens with zero attached hydrogens (tertiary/aromatic N) is 2. The Labute approximate surface area is 182 Å². The monoisotopic (exact) mass is 447 g/mol. The number of sulfonamides is 1. The van der Waals surface area contributed by atoms with Crippen molar-refractivity contribution < 1.29 is 22.2 Å². The first-order chi connectivity index (χ1) is 14.9. The second-order valence-corrected chi connectivity index (χ2v) is 10.2. The van der Waals surface area contributed by atoms with E-state index in [0.717, 1.165) is 25.7 Å². The van der Waals surface area contributed by atoms with Crippen molar-refractivity contribution in [3.05, 3.63) is 35.6 Å². The molecule has 1 aliphatic heterocycles. The van der Waals surface area contributed by atoms with Gasteiger partial charge in [-0.05, 0) is 56.9 Å². The summed E-state index contributed by atoms with van der Waals surface area (Å²) < 4.78 is 38.8. The van der Waals surface area contributed by atoms with Gasteiger partial charge >= 0.3 is 0 Å². The van der Waals surface area contributed by atoms with Crippen LogP contribution in [0.4, 0.5) is 0 Å². The van der Waals surface area contributed by atoms with E-state index in [-0.39, 0.29) is 35.1 Å². The number of carbonyl (C=O) groups is 1. The van der Waals surface area contributed by atoms with E-state index in [2.05, 4.69) is 10.5 Å². The van der Waals surface area contributed by atoms with Gasteiger partial charge in [0.25, 0.3) is 0 Å². The van der Waals surface area contributed by atoms with Crippen LogP contribution in [-0.4, -0.2) is 42.9 Å². The Morgan fingerprint density at radius 2 is 2.00 bits per heavy atom. The van der Waals surface area contributed by atoms with Crippen LogP contribution in [0.5, 0.6) is 0 Å². The number of hydrogen-bond donors (Lipinski definition) is 1. The zero-order valence-electron chi connectivity index (χ0n) is 17.7. The maximum atomic E-state index is 13.4. The first-order valence-electron chi connectivity index (χ1n) is 10.9. The predicted molar refractivity (Wildman–Crippen MR) is 115 cm³/mol. The number of aryl methyl sites for hydroxylation is 1. The second kappa shape index (κ2) is 9.40. The van der Waals surface area contributed by atoms with Gasteiger partial charge in [-0.3, -0.25) is 4.79 Å². The number of carbonyl (C=O) groups excluding carboxylic acids is 1. The molecule has 8 nitrogen and oxygen atoms in total. The van der Waals surface area contributed by atoms with Crippen molar-refractivity contribution in [1.29, 1.82) is 0 Å². The molecule has 0 unspecified atom stereocenters. The van der Waals surface area contributed by atoms with E-state index in [4.69, 9.17) is 8.94 Å². The van der Waals surface area contributed by atoms with Crippen molar-refractivity contribution in [2.24, 2.45) is 5.92 Å². The highest BCUT2D eigenvalue weighted by molar-refractivity contribution is 7.89. The van der Waals surface area contributed by atoms with Crippen LogP contribution in [0, 0.1) is 12.8 Å². The van der Waals surface area contributed by atoms with Crippen LogP contribution in [-0.2, 0) is 14.8 Å². The Kier molecular flexibility index (Phi) is 6.62. The van der Waals surface area contributed by atoms with Crippen molar-refractivity contribution in [2.75, 3.05) is 13.1 Å². The molecule has 1 atom stereocenters. The predicted octanol–water partition coefficient (Wildman–Crippen LogP) is 3.60. The molecule has 1 aliphatic carbocycles. The van der Waals surface area contributed by atoms with E-state index in [0.29, 0.717) is 30.8 Å². The van der Waals surface area contributed by atoms with Crippen molar-refractivity contribution >= 4 is 28.1 Å². The maximum absolute atomic E-state index is 13.4. The number of amides is 1. The molecular formula is C22H29N3O5S. The molecule has 2 aliphatic rings. The average Bonchev–Trinajstić information content (AvgIpc) is 3.42. The Morgan fingerprint density at radius 1 is 1.19 bits per heavy atom. The second-order valence-electron chi connectivity index (χ2n) is 8.36. The molecule has 1 N–H and O–H groups in total. The van der Waals surface area contributed by atoms with E-state index in [9.17, 15) is 13.2 Å². The zero-order chi connectivity index (χ0) is 21.8. The fourth-order valence-electron chi connectivity index (χ4n) is 4.41. The Bertz CT molecular complexity index is 1020. The zero-order valence-corrected chi connectivity index (χ0v) is 18.6. The van der Waals surface area contributed by atoms with Crippen LogP contribution >= 0.6 is 0 Å². The number of furan rings is 1. The Morgan fingerprint density at radius 3 is 2.74 bits per heavy atom. The minimum Gasteiger partial charge on any atom is -0.465 e. The van der Waals surface area contributed by atoms with Gasteiger partial charge in [0.15, 0.2) is 10.7 Å². The number of rotatable bonds is 6. The molecule has 4 rings (SSSR count). The van der Waals surface area contributed by atoms with Crippen molar-refractivity contribution in [2.45, 2.75) is 62.8 Å². The number of hydrogen-bond acceptors (Lipinski definition) is 6. The first kappa shape index (κ1) is 21.8. The fourth-order valence-corrected chi connectivity index (χ4v) is 6.19. The summed E-state index contributed by atoms with van der Waals surface area (Å²) in [4.78, 5) is 12.9. The summed E-state index contributed by atoms with van der Waals surface area (Å²) in [6.45, 7) is 2.16. The molecule has 0 bridgehead atoms. The lowest BCUT2D eigenvalue weighted by Gasteiger charge is -2.32. The topological polar surface area (TPSA) is 106 Å². The molecule has 1 saturated heterocycles. The van der Waals surface area contributed by atoms with Crippen LogP contribution in [0.2, 0.25) is 0 Å². The first-order valence-corrected chi connectivity index (χ1v) is 12.4. The largest absolute Gasteiger partial charge is 0.465 e. The van der Waals surface area contributed by atoms with Crippen LogP contribution < -0.4 is 5.32 Å². The molecule has 3 heterocycles. The molecule has 9 heteroatoms. The summed E-state index contributed by atoms with van der Waals surface area (Å²) >= 11 is 0. The molecule has 0 spiro atoms. The Hall–Kier alpha value is -2.39. The SMILES string of the molecule is Cc1noc(/C=C/c2ccco2)c1S(=O)(=O)N1CCC[C@@H](C(=O)NC2CCCCC2)C1. The summed E-state index contributed by atoms with van der Waals surface area (Å²) in [7, 11) is -3.86. The quantitative estimate of drug-likeness (QED) is 0.725. The molecule has 168 valence electrons. The number of piperidine rings is 1. The average molecular weight is 448 g/mol. The molecule has 0 aromatic carbocycles. The summed E-state index contributed by atoms with van der Waals surface area (Å²) in [6.07, 6.45) is 11.6. The van der Waals surface area contributed by atoms with Gasteiger partial charge in [-0.1, -0.05) is 24.4 Å². The van der Waals surface area contributed by atoms with Gasteiger partial charge in [0.05, 0.1) is 12.2 Å². The Balaban J connectivity index is 1.49. The van der Waals surface area contributed by atoms with Gasteiger partial charge in [-0.2, -0.15) is 4.31 Å². The van der Waals surface area contributed by atoms with Gasteiger partial charge in [0.2, 0.25) is 15.9 Å². The van der Waals surface area contributed by atoms with Crippen molar-refractivity contribution in [1.82, 2.24) is 14.8 Å². The standard InChI is InChI=1S/C22H29N3O5S/c1-16-21(20(30-24-16)12-11-19-10-6-14-29-19)31(27,28)25-13-5-7-17(15-25)22(26)23-18-8-3-2-4-9-18/h6,10-12,14,17-18H,2-5,7-9,13,15H2,1H3,(H,23,26)/b12-11+/t17-/m1/s1. The minimum atomic E-state index is -3.86. The van der Waals surface area contributed by atoms with Crippen LogP contribution in [0.3, 0.4) is 0 Å². The third-order valence-corrected chi connectivity index (χ3v) is 8.10. The lowest BCUT2D eigenvalue weighted by molar-refractivity contribution is -0.127. The maximum Gasteiger partial charge on any atom is 0.248 e. The van der Waals surface area contributed by atoms with E-state index in [1.165, 1.54) is 17.0 Å². The summed E-state index contributed by atoms with van der Waals surface area (Å²) in [5, 5.41) is 7.01. The molecule has 2 aromatic heterocycles. The number of nitrogens with one attached hydrogen (secondary N) is 1. The third kappa shape index (κ3) is 4.93. The minimum absolute atomic E-state index is 0.0354. The molecule has 31 heavy (non-hydrogen) atoms. The smallest absolute Gasteiger partial charge is 0.248 e. The van der Waals surface area contributed by atoms with E-state index in [1.54, 1.807) is 31.2 Å². The van der Waals surface area contributed by atoms with E-state index >= 15 is 0 Å². The van der Waals surface area contributed by atoms with Crippen LogP contribution in [0.25, 0.3) is 12.2 Å². The van der Waals surface area contributed by atoms with Gasteiger partial charge < -0.3 is 14.3 Å². The van der Waals surface area contributed by atoms with E-state index < -0.39 is 10.0 Å². The van der Waals surface area contributed by atoms with Crippen LogP contribution in [0.15, 0.2) is 32.2 Å². The highest BCUT2D eigenvalue weighted by Gasteiger charge is 2.37. The highest BCUT2D eigenvalue weighted by Crippen LogP contribution is 2.29. The molecule has 1 saturated carbocycles. The lowest BCUT2D eigenvalue weighted by atomic mass is 9.93. The van der Waals surface area contributed by atoms with Crippen LogP contribution in [0.1, 0.15) is 62.2 Å². The van der Waals surface area contributed by atoms with E-state index in [1.807, 2.05) is 0 Å². The van der Waals surface area contributed by atoms with Gasteiger partial charge in [0.1, 0.15) is 11.5 Å². The summed E-state index contributed by atoms with van der Waals surface area (Å²) in [5.74, 6) is 0.358. The van der Waals surface area contributed by atoms with Crippen molar-refractivity contribution in [3.63, 3.8) is 0 Å². The molecular weight excluding hydrogens is 418 g/mol.